The molecule has 4 atom stereocenters. The monoisotopic (exact) mass is 543 g/mol. The number of ketones is 1. The van der Waals surface area contributed by atoms with Gasteiger partial charge in [-0.1, -0.05) is 13.5 Å². The average molecular weight is 544 g/mol. The van der Waals surface area contributed by atoms with Crippen LogP contribution in [0.15, 0.2) is 40.9 Å². The third-order valence-corrected chi connectivity index (χ3v) is 8.61. The third-order valence-electron chi connectivity index (χ3n) is 8.61. The molecule has 4 rings (SSSR count). The lowest BCUT2D eigenvalue weighted by molar-refractivity contribution is -0.115. The Labute approximate surface area is 227 Å². The first-order valence-electron chi connectivity index (χ1n) is 13.1. The molecule has 0 saturated heterocycles. The van der Waals surface area contributed by atoms with E-state index in [1.165, 1.54) is 6.07 Å². The molecule has 0 unspecified atom stereocenters. The van der Waals surface area contributed by atoms with E-state index in [1.807, 2.05) is 32.6 Å². The van der Waals surface area contributed by atoms with E-state index in [-0.39, 0.29) is 58.5 Å². The second kappa shape index (κ2) is 9.46. The standard InChI is InChI=1S/C29H38FN3O6/c1-8-33(28(3,4)5)12-15-11-18(34)21-16(22(15)30)9-14-10-17-23(32(6)7)25(36)19(27(31)38)13(2)29(17,39)26(37)20(14)24(21)35/h11,14,17,23,34,36-37,39H,2,8-10,12H2,1,3-7H3,(H2,31,38)/t14-,17-,23-,29-/m0/s1. The van der Waals surface area contributed by atoms with E-state index in [9.17, 15) is 30.0 Å². The molecule has 212 valence electrons. The van der Waals surface area contributed by atoms with E-state index >= 15 is 4.39 Å². The molecule has 0 spiro atoms. The molecule has 3 aliphatic rings. The lowest BCUT2D eigenvalue weighted by Crippen LogP contribution is -2.60. The van der Waals surface area contributed by atoms with E-state index < -0.39 is 58.1 Å². The third kappa shape index (κ3) is 4.16. The molecule has 1 aromatic carbocycles. The summed E-state index contributed by atoms with van der Waals surface area (Å²) in [4.78, 5) is 29.6. The van der Waals surface area contributed by atoms with Crippen LogP contribution in [0.1, 0.15) is 55.6 Å². The Balaban J connectivity index is 1.88. The summed E-state index contributed by atoms with van der Waals surface area (Å²) in [5, 5.41) is 45.2. The van der Waals surface area contributed by atoms with Gasteiger partial charge in [0.05, 0.1) is 17.2 Å². The van der Waals surface area contributed by atoms with Gasteiger partial charge in [-0.05, 0) is 66.2 Å². The fourth-order valence-electron chi connectivity index (χ4n) is 6.66. The Morgan fingerprint density at radius 2 is 1.87 bits per heavy atom. The summed E-state index contributed by atoms with van der Waals surface area (Å²) < 4.78 is 16.0. The molecule has 1 aromatic rings. The number of primary amides is 1. The van der Waals surface area contributed by atoms with Gasteiger partial charge in [0.2, 0.25) is 0 Å². The summed E-state index contributed by atoms with van der Waals surface area (Å²) in [5.41, 5.74) is 2.10. The van der Waals surface area contributed by atoms with Gasteiger partial charge < -0.3 is 26.2 Å². The van der Waals surface area contributed by atoms with Gasteiger partial charge in [0.1, 0.15) is 23.1 Å². The maximum Gasteiger partial charge on any atom is 0.252 e. The molecule has 9 nitrogen and oxygen atoms in total. The summed E-state index contributed by atoms with van der Waals surface area (Å²) in [5.74, 6) is -5.60. The van der Waals surface area contributed by atoms with Crippen LogP contribution in [0.5, 0.6) is 5.75 Å². The lowest BCUT2D eigenvalue weighted by Gasteiger charge is -2.52. The number of hydrogen-bond acceptors (Lipinski definition) is 8. The normalized spacial score (nSPS) is 27.2. The van der Waals surface area contributed by atoms with Crippen molar-refractivity contribution in [1.82, 2.24) is 9.80 Å². The number of fused-ring (bicyclic) bond motifs is 3. The lowest BCUT2D eigenvalue weighted by atomic mass is 9.57. The second-order valence-corrected chi connectivity index (χ2v) is 12.0. The quantitative estimate of drug-likeness (QED) is 0.381. The van der Waals surface area contributed by atoms with Gasteiger partial charge in [-0.2, -0.15) is 0 Å². The summed E-state index contributed by atoms with van der Waals surface area (Å²) in [6.07, 6.45) is 0.0498. The average Bonchev–Trinajstić information content (AvgIpc) is 2.81. The number of amides is 1. The van der Waals surface area contributed by atoms with Crippen LogP contribution in [0, 0.1) is 17.7 Å². The largest absolute Gasteiger partial charge is 0.510 e. The smallest absolute Gasteiger partial charge is 0.252 e. The van der Waals surface area contributed by atoms with Crippen LogP contribution in [0.3, 0.4) is 0 Å². The van der Waals surface area contributed by atoms with Gasteiger partial charge in [0, 0.05) is 40.3 Å². The molecule has 0 saturated carbocycles. The molecule has 0 heterocycles. The number of benzene rings is 1. The van der Waals surface area contributed by atoms with Crippen molar-refractivity contribution >= 4 is 11.7 Å². The number of aliphatic hydroxyl groups is 3. The molecule has 3 aliphatic carbocycles. The van der Waals surface area contributed by atoms with Crippen LogP contribution in [0.4, 0.5) is 4.39 Å². The van der Waals surface area contributed by atoms with Gasteiger partial charge in [-0.25, -0.2) is 4.39 Å². The van der Waals surface area contributed by atoms with Crippen molar-refractivity contribution in [1.29, 1.82) is 0 Å². The van der Waals surface area contributed by atoms with Crippen molar-refractivity contribution in [3.8, 4) is 5.75 Å². The molecule has 0 radical (unpaired) electrons. The van der Waals surface area contributed by atoms with Crippen molar-refractivity contribution < 1.29 is 34.4 Å². The zero-order valence-corrected chi connectivity index (χ0v) is 23.3. The highest BCUT2D eigenvalue weighted by Gasteiger charge is 2.60. The first-order chi connectivity index (χ1) is 18.0. The number of allylic oxidation sites excluding steroid dienone is 1. The highest BCUT2D eigenvalue weighted by Crippen LogP contribution is 2.55. The number of nitrogens with two attached hydrogens (primary N) is 1. The predicted octanol–water partition coefficient (Wildman–Crippen LogP) is 2.87. The van der Waals surface area contributed by atoms with E-state index in [1.54, 1.807) is 19.0 Å². The first-order valence-corrected chi connectivity index (χ1v) is 13.1. The number of phenolic OH excluding ortho intramolecular Hbond substituents is 1. The maximum absolute atomic E-state index is 16.0. The van der Waals surface area contributed by atoms with Crippen LogP contribution >= 0.6 is 0 Å². The molecule has 10 heteroatoms. The van der Waals surface area contributed by atoms with Crippen LogP contribution < -0.4 is 5.73 Å². The number of Topliss-reactive ketones (excluding diaryl/α,β-unsaturated/α-hetero) is 1. The number of halogens is 1. The van der Waals surface area contributed by atoms with Crippen molar-refractivity contribution in [3.05, 3.63) is 63.4 Å². The Morgan fingerprint density at radius 3 is 2.38 bits per heavy atom. The van der Waals surface area contributed by atoms with Crippen molar-refractivity contribution in [2.75, 3.05) is 20.6 Å². The topological polar surface area (TPSA) is 148 Å². The van der Waals surface area contributed by atoms with Crippen LogP contribution in [-0.4, -0.2) is 79.7 Å². The zero-order chi connectivity index (χ0) is 29.4. The number of aromatic hydroxyl groups is 1. The van der Waals surface area contributed by atoms with Gasteiger partial charge in [-0.15, -0.1) is 0 Å². The van der Waals surface area contributed by atoms with Crippen molar-refractivity contribution in [2.45, 2.75) is 64.3 Å². The molecule has 0 aromatic heterocycles. The number of nitrogens with zero attached hydrogens (tertiary/aromatic N) is 2. The number of carbonyl (C=O) groups is 2. The second-order valence-electron chi connectivity index (χ2n) is 12.0. The number of likely N-dealkylation sites (N-methyl/N-ethyl adjacent to an activating group) is 1. The number of hydrogen-bond donors (Lipinski definition) is 5. The van der Waals surface area contributed by atoms with E-state index in [0.717, 1.165) is 0 Å². The minimum atomic E-state index is -2.28. The minimum Gasteiger partial charge on any atom is -0.510 e. The van der Waals surface area contributed by atoms with Gasteiger partial charge >= 0.3 is 0 Å². The molecular weight excluding hydrogens is 505 g/mol. The van der Waals surface area contributed by atoms with E-state index in [0.29, 0.717) is 6.54 Å². The van der Waals surface area contributed by atoms with Gasteiger partial charge in [0.25, 0.3) is 5.91 Å². The Morgan fingerprint density at radius 1 is 1.26 bits per heavy atom. The molecule has 0 fully saturated rings. The van der Waals surface area contributed by atoms with Crippen LogP contribution in [-0.2, 0) is 17.8 Å². The summed E-state index contributed by atoms with van der Waals surface area (Å²) in [6, 6.07) is 0.296. The van der Waals surface area contributed by atoms with Crippen molar-refractivity contribution in [2.24, 2.45) is 17.6 Å². The highest BCUT2D eigenvalue weighted by molar-refractivity contribution is 6.13. The van der Waals surface area contributed by atoms with Gasteiger partial charge in [-0.3, -0.25) is 19.4 Å². The molecule has 0 bridgehead atoms. The molecule has 39 heavy (non-hydrogen) atoms. The van der Waals surface area contributed by atoms with Crippen LogP contribution in [0.2, 0.25) is 0 Å². The Hall–Kier alpha value is -3.21. The number of phenols is 1. The molecule has 1 amide bonds. The Kier molecular flexibility index (Phi) is 6.99. The first kappa shape index (κ1) is 28.8. The molecular formula is C29H38FN3O6. The van der Waals surface area contributed by atoms with E-state index in [2.05, 4.69) is 6.58 Å². The molecule has 6 N–H and O–H groups in total. The van der Waals surface area contributed by atoms with E-state index in [4.69, 9.17) is 5.73 Å². The van der Waals surface area contributed by atoms with Crippen molar-refractivity contribution in [3.63, 3.8) is 0 Å². The predicted molar refractivity (Wildman–Crippen MR) is 144 cm³/mol. The minimum absolute atomic E-state index is 0.0122. The number of carbonyl (C=O) groups excluding carboxylic acids is 2. The SMILES string of the molecule is C=C1C(C(N)=O)=C(O)[C@@H](N(C)C)[C@@H]2C[C@@H]3Cc4c(F)c(CN(CC)C(C)(C)C)cc(O)c4C(=O)C3=C(O)[C@]12O. The number of rotatable bonds is 5. The fraction of sp³-hybridized carbons (Fsp3) is 0.517. The summed E-state index contributed by atoms with van der Waals surface area (Å²) >= 11 is 0. The fourth-order valence-corrected chi connectivity index (χ4v) is 6.66. The highest BCUT2D eigenvalue weighted by atomic mass is 19.1. The van der Waals surface area contributed by atoms with Crippen LogP contribution in [0.25, 0.3) is 0 Å². The zero-order valence-electron chi connectivity index (χ0n) is 23.3. The molecule has 0 aliphatic heterocycles. The Bertz CT molecular complexity index is 1340. The summed E-state index contributed by atoms with van der Waals surface area (Å²) in [6.45, 7) is 12.6. The number of aliphatic hydroxyl groups excluding tert-OH is 2. The summed E-state index contributed by atoms with van der Waals surface area (Å²) in [7, 11) is 3.26. The van der Waals surface area contributed by atoms with Gasteiger partial charge in [0.15, 0.2) is 11.4 Å². The maximum atomic E-state index is 16.0.